The Balaban J connectivity index is 2.54. The monoisotopic (exact) mass is 218 g/mol. The molecule has 84 valence electrons. The first-order chi connectivity index (χ1) is 7.42. The van der Waals surface area contributed by atoms with Gasteiger partial charge in [-0.2, -0.15) is 0 Å². The first-order valence-corrected chi connectivity index (χ1v) is 5.16. The molecule has 0 radical (unpaired) electrons. The van der Waals surface area contributed by atoms with Crippen molar-refractivity contribution in [3.8, 4) is 0 Å². The summed E-state index contributed by atoms with van der Waals surface area (Å²) in [6.45, 7) is 5.52. The van der Waals surface area contributed by atoms with Gasteiger partial charge in [-0.15, -0.1) is 0 Å². The lowest BCUT2D eigenvalue weighted by molar-refractivity contribution is -0.146. The molecular weight excluding hydrogens is 204 g/mol. The van der Waals surface area contributed by atoms with E-state index in [-0.39, 0.29) is 5.76 Å². The van der Waals surface area contributed by atoms with E-state index >= 15 is 0 Å². The highest BCUT2D eigenvalue weighted by Gasteiger charge is 2.41. The van der Waals surface area contributed by atoms with E-state index in [0.29, 0.717) is 5.57 Å². The number of cyclic esters (lactones) is 1. The summed E-state index contributed by atoms with van der Waals surface area (Å²) in [7, 11) is 0. The maximum absolute atomic E-state index is 11.3. The van der Waals surface area contributed by atoms with E-state index in [1.807, 2.05) is 31.2 Å². The summed E-state index contributed by atoms with van der Waals surface area (Å²) < 4.78 is 5.10. The summed E-state index contributed by atoms with van der Waals surface area (Å²) in [4.78, 5) is 11.3. The van der Waals surface area contributed by atoms with Gasteiger partial charge in [0.15, 0.2) is 0 Å². The normalized spacial score (nSPS) is 18.8. The summed E-state index contributed by atoms with van der Waals surface area (Å²) in [6, 6.07) is 7.64. The van der Waals surface area contributed by atoms with E-state index < -0.39 is 11.6 Å². The molecule has 1 aromatic carbocycles. The second-order valence-corrected chi connectivity index (χ2v) is 4.49. The van der Waals surface area contributed by atoms with E-state index in [0.717, 1.165) is 11.1 Å². The summed E-state index contributed by atoms with van der Waals surface area (Å²) in [5.41, 5.74) is 1.74. The fourth-order valence-corrected chi connectivity index (χ4v) is 1.92. The molecule has 0 amide bonds. The molecule has 0 bridgehead atoms. The average Bonchev–Trinajstić information content (AvgIpc) is 2.39. The molecule has 0 saturated heterocycles. The minimum absolute atomic E-state index is 0.283. The number of aliphatic hydroxyl groups excluding tert-OH is 1. The zero-order valence-corrected chi connectivity index (χ0v) is 9.57. The summed E-state index contributed by atoms with van der Waals surface area (Å²) >= 11 is 0. The van der Waals surface area contributed by atoms with Gasteiger partial charge in [0.05, 0.1) is 5.57 Å². The number of ether oxygens (including phenoxy) is 1. The lowest BCUT2D eigenvalue weighted by Crippen LogP contribution is -2.22. The molecule has 3 heteroatoms. The number of benzene rings is 1. The van der Waals surface area contributed by atoms with Gasteiger partial charge in [-0.1, -0.05) is 29.8 Å². The van der Waals surface area contributed by atoms with Crippen LogP contribution in [0.15, 0.2) is 30.0 Å². The van der Waals surface area contributed by atoms with Gasteiger partial charge in [-0.05, 0) is 26.3 Å². The first-order valence-electron chi connectivity index (χ1n) is 5.16. The molecule has 1 aliphatic heterocycles. The lowest BCUT2D eigenvalue weighted by Gasteiger charge is -2.20. The molecule has 0 atom stereocenters. The van der Waals surface area contributed by atoms with Gasteiger partial charge in [-0.3, -0.25) is 0 Å². The first kappa shape index (κ1) is 10.7. The van der Waals surface area contributed by atoms with Crippen LogP contribution in [0.5, 0.6) is 0 Å². The quantitative estimate of drug-likeness (QED) is 0.737. The molecule has 0 spiro atoms. The van der Waals surface area contributed by atoms with Crippen LogP contribution < -0.4 is 0 Å². The Kier molecular flexibility index (Phi) is 2.26. The maximum atomic E-state index is 11.3. The molecule has 0 fully saturated rings. The van der Waals surface area contributed by atoms with E-state index in [4.69, 9.17) is 4.74 Å². The Morgan fingerprint density at radius 2 is 1.75 bits per heavy atom. The van der Waals surface area contributed by atoms with E-state index in [9.17, 15) is 9.90 Å². The molecule has 1 aromatic rings. The lowest BCUT2D eigenvalue weighted by atomic mass is 9.91. The third-order valence-electron chi connectivity index (χ3n) is 2.72. The molecule has 2 rings (SSSR count). The number of esters is 1. The molecule has 0 aromatic heterocycles. The van der Waals surface area contributed by atoms with Gasteiger partial charge < -0.3 is 9.84 Å². The number of hydrogen-bond donors (Lipinski definition) is 1. The van der Waals surface area contributed by atoms with Crippen LogP contribution >= 0.6 is 0 Å². The van der Waals surface area contributed by atoms with Crippen LogP contribution in [-0.4, -0.2) is 16.7 Å². The van der Waals surface area contributed by atoms with Gasteiger partial charge in [0, 0.05) is 0 Å². The van der Waals surface area contributed by atoms with Crippen LogP contribution in [0.3, 0.4) is 0 Å². The third-order valence-corrected chi connectivity index (χ3v) is 2.72. The number of hydrogen-bond acceptors (Lipinski definition) is 3. The second kappa shape index (κ2) is 3.37. The SMILES string of the molecule is Cc1ccc(C2=C(O)C(=O)OC2(C)C)cc1. The van der Waals surface area contributed by atoms with Gasteiger partial charge in [0.25, 0.3) is 0 Å². The average molecular weight is 218 g/mol. The summed E-state index contributed by atoms with van der Waals surface area (Å²) in [6.07, 6.45) is 0. The van der Waals surface area contributed by atoms with Crippen LogP contribution in [0.4, 0.5) is 0 Å². The highest BCUT2D eigenvalue weighted by atomic mass is 16.6. The largest absolute Gasteiger partial charge is 0.502 e. The number of carbonyl (C=O) groups excluding carboxylic acids is 1. The molecule has 1 aliphatic rings. The number of aliphatic hydroxyl groups is 1. The molecule has 16 heavy (non-hydrogen) atoms. The van der Waals surface area contributed by atoms with Crippen molar-refractivity contribution in [2.24, 2.45) is 0 Å². The fraction of sp³-hybridized carbons (Fsp3) is 0.308. The molecule has 0 saturated carbocycles. The molecule has 3 nitrogen and oxygen atoms in total. The molecule has 1 heterocycles. The second-order valence-electron chi connectivity index (χ2n) is 4.49. The van der Waals surface area contributed by atoms with Crippen molar-refractivity contribution in [2.45, 2.75) is 26.4 Å². The topological polar surface area (TPSA) is 46.5 Å². The molecule has 0 aliphatic carbocycles. The van der Waals surface area contributed by atoms with Crippen molar-refractivity contribution in [1.82, 2.24) is 0 Å². The van der Waals surface area contributed by atoms with Gasteiger partial charge in [0.2, 0.25) is 5.76 Å². The predicted octanol–water partition coefficient (Wildman–Crippen LogP) is 2.60. The zero-order chi connectivity index (χ0) is 11.9. The maximum Gasteiger partial charge on any atom is 0.374 e. The molecule has 0 unspecified atom stereocenters. The number of aryl methyl sites for hydroxylation is 1. The van der Waals surface area contributed by atoms with Crippen LogP contribution in [0, 0.1) is 6.92 Å². The van der Waals surface area contributed by atoms with Crippen molar-refractivity contribution in [3.05, 3.63) is 41.2 Å². The Bertz CT molecular complexity index is 466. The van der Waals surface area contributed by atoms with Crippen molar-refractivity contribution in [1.29, 1.82) is 0 Å². The van der Waals surface area contributed by atoms with Crippen molar-refractivity contribution < 1.29 is 14.6 Å². The van der Waals surface area contributed by atoms with Crippen molar-refractivity contribution in [3.63, 3.8) is 0 Å². The van der Waals surface area contributed by atoms with Crippen LogP contribution in [-0.2, 0) is 9.53 Å². The zero-order valence-electron chi connectivity index (χ0n) is 9.57. The summed E-state index contributed by atoms with van der Waals surface area (Å²) in [5.74, 6) is -0.936. The van der Waals surface area contributed by atoms with Gasteiger partial charge >= 0.3 is 5.97 Å². The standard InChI is InChI=1S/C13H14O3/c1-8-4-6-9(7-5-8)10-11(14)12(15)16-13(10,2)3/h4-7,14H,1-3H3. The van der Waals surface area contributed by atoms with E-state index in [1.54, 1.807) is 13.8 Å². The highest BCUT2D eigenvalue weighted by molar-refractivity contribution is 6.01. The van der Waals surface area contributed by atoms with Gasteiger partial charge in [-0.25, -0.2) is 4.79 Å². The van der Waals surface area contributed by atoms with E-state index in [2.05, 4.69) is 0 Å². The van der Waals surface area contributed by atoms with Crippen LogP contribution in [0.1, 0.15) is 25.0 Å². The van der Waals surface area contributed by atoms with E-state index in [1.165, 1.54) is 0 Å². The van der Waals surface area contributed by atoms with Gasteiger partial charge in [0.1, 0.15) is 5.60 Å². The molecular formula is C13H14O3. The number of rotatable bonds is 1. The number of carbonyl (C=O) groups is 1. The van der Waals surface area contributed by atoms with Crippen LogP contribution in [0.2, 0.25) is 0 Å². The predicted molar refractivity (Wildman–Crippen MR) is 60.9 cm³/mol. The summed E-state index contributed by atoms with van der Waals surface area (Å²) in [5, 5.41) is 9.72. The minimum Gasteiger partial charge on any atom is -0.502 e. The highest BCUT2D eigenvalue weighted by Crippen LogP contribution is 2.38. The van der Waals surface area contributed by atoms with Crippen molar-refractivity contribution >= 4 is 11.5 Å². The molecule has 1 N–H and O–H groups in total. The Morgan fingerprint density at radius 1 is 1.19 bits per heavy atom. The third kappa shape index (κ3) is 1.58. The Hall–Kier alpha value is -1.77. The smallest absolute Gasteiger partial charge is 0.374 e. The van der Waals surface area contributed by atoms with Crippen LogP contribution in [0.25, 0.3) is 5.57 Å². The Labute approximate surface area is 94.4 Å². The Morgan fingerprint density at radius 3 is 2.19 bits per heavy atom. The minimum atomic E-state index is -0.767. The van der Waals surface area contributed by atoms with Crippen molar-refractivity contribution in [2.75, 3.05) is 0 Å². The fourth-order valence-electron chi connectivity index (χ4n) is 1.92.